The summed E-state index contributed by atoms with van der Waals surface area (Å²) in [6, 6.07) is 3.24. The smallest absolute Gasteiger partial charge is 0.286 e. The molecule has 0 saturated carbocycles. The summed E-state index contributed by atoms with van der Waals surface area (Å²) in [7, 11) is 0. The number of hydrogen-bond donors (Lipinski definition) is 3. The van der Waals surface area contributed by atoms with E-state index in [0.717, 1.165) is 6.42 Å². The molecule has 1 atom stereocenters. The monoisotopic (exact) mass is 282 g/mol. The van der Waals surface area contributed by atoms with E-state index in [4.69, 9.17) is 9.52 Å². The number of rotatable bonds is 9. The molecule has 2 amide bonds. The van der Waals surface area contributed by atoms with E-state index in [1.165, 1.54) is 6.26 Å². The standard InChI is InChI=1S/C14H22N2O4/c1-11(17)5-2-8-15-13(18)7-3-9-16-14(19)12-6-4-10-20-12/h4,6,10-11,17H,2-3,5,7-9H2,1H3,(H,15,18)(H,16,19). The van der Waals surface area contributed by atoms with Gasteiger partial charge in [-0.3, -0.25) is 9.59 Å². The SMILES string of the molecule is CC(O)CCCNC(=O)CCCNC(=O)c1ccco1. The van der Waals surface area contributed by atoms with E-state index in [-0.39, 0.29) is 23.7 Å². The van der Waals surface area contributed by atoms with Crippen molar-refractivity contribution < 1.29 is 19.1 Å². The normalized spacial score (nSPS) is 11.9. The molecule has 1 rings (SSSR count). The minimum absolute atomic E-state index is 0.0390. The Morgan fingerprint density at radius 1 is 1.30 bits per heavy atom. The maximum atomic E-state index is 11.5. The first kappa shape index (κ1) is 16.2. The molecule has 112 valence electrons. The van der Waals surface area contributed by atoms with Gasteiger partial charge in [0.05, 0.1) is 12.4 Å². The average Bonchev–Trinajstić information content (AvgIpc) is 2.93. The quantitative estimate of drug-likeness (QED) is 0.591. The zero-order valence-electron chi connectivity index (χ0n) is 11.7. The van der Waals surface area contributed by atoms with E-state index < -0.39 is 0 Å². The van der Waals surface area contributed by atoms with E-state index >= 15 is 0 Å². The highest BCUT2D eigenvalue weighted by Gasteiger charge is 2.07. The number of aliphatic hydroxyl groups excluding tert-OH is 1. The highest BCUT2D eigenvalue weighted by atomic mass is 16.3. The third kappa shape index (κ3) is 6.94. The number of amides is 2. The number of carbonyl (C=O) groups is 2. The van der Waals surface area contributed by atoms with Crippen molar-refractivity contribution in [3.8, 4) is 0 Å². The lowest BCUT2D eigenvalue weighted by Gasteiger charge is -2.07. The summed E-state index contributed by atoms with van der Waals surface area (Å²) in [4.78, 5) is 23.0. The Morgan fingerprint density at radius 3 is 2.70 bits per heavy atom. The largest absolute Gasteiger partial charge is 0.459 e. The van der Waals surface area contributed by atoms with Crippen LogP contribution in [0.4, 0.5) is 0 Å². The van der Waals surface area contributed by atoms with Crippen molar-refractivity contribution in [3.63, 3.8) is 0 Å². The zero-order chi connectivity index (χ0) is 14.8. The maximum absolute atomic E-state index is 11.5. The molecule has 1 unspecified atom stereocenters. The molecule has 0 fully saturated rings. The Labute approximate surface area is 118 Å². The van der Waals surface area contributed by atoms with Crippen LogP contribution in [0.1, 0.15) is 43.2 Å². The number of aliphatic hydroxyl groups is 1. The van der Waals surface area contributed by atoms with Gasteiger partial charge < -0.3 is 20.2 Å². The first-order chi connectivity index (χ1) is 9.59. The van der Waals surface area contributed by atoms with Gasteiger partial charge in [0, 0.05) is 19.5 Å². The lowest BCUT2D eigenvalue weighted by molar-refractivity contribution is -0.121. The van der Waals surface area contributed by atoms with Crippen LogP contribution < -0.4 is 10.6 Å². The fourth-order valence-corrected chi connectivity index (χ4v) is 1.66. The van der Waals surface area contributed by atoms with Gasteiger partial charge in [-0.25, -0.2) is 0 Å². The summed E-state index contributed by atoms with van der Waals surface area (Å²) in [6.45, 7) is 2.73. The topological polar surface area (TPSA) is 91.6 Å². The van der Waals surface area contributed by atoms with Gasteiger partial charge in [-0.15, -0.1) is 0 Å². The molecule has 1 aromatic heterocycles. The number of carbonyl (C=O) groups excluding carboxylic acids is 2. The highest BCUT2D eigenvalue weighted by Crippen LogP contribution is 1.99. The van der Waals surface area contributed by atoms with Crippen molar-refractivity contribution in [3.05, 3.63) is 24.2 Å². The average molecular weight is 282 g/mol. The molecule has 0 aliphatic carbocycles. The van der Waals surface area contributed by atoms with Crippen molar-refractivity contribution in [2.45, 2.75) is 38.7 Å². The van der Waals surface area contributed by atoms with Crippen LogP contribution >= 0.6 is 0 Å². The van der Waals surface area contributed by atoms with Crippen LogP contribution in [-0.4, -0.2) is 36.1 Å². The molecular formula is C14H22N2O4. The Morgan fingerprint density at radius 2 is 2.05 bits per heavy atom. The third-order valence-electron chi connectivity index (χ3n) is 2.73. The van der Waals surface area contributed by atoms with Crippen LogP contribution in [0, 0.1) is 0 Å². The van der Waals surface area contributed by atoms with E-state index in [0.29, 0.717) is 32.4 Å². The predicted molar refractivity (Wildman–Crippen MR) is 74.2 cm³/mol. The second-order valence-corrected chi connectivity index (χ2v) is 4.68. The van der Waals surface area contributed by atoms with Crippen molar-refractivity contribution in [1.82, 2.24) is 10.6 Å². The van der Waals surface area contributed by atoms with Crippen LogP contribution in [0.15, 0.2) is 22.8 Å². The van der Waals surface area contributed by atoms with Gasteiger partial charge in [0.25, 0.3) is 5.91 Å². The maximum Gasteiger partial charge on any atom is 0.286 e. The molecule has 0 aliphatic heterocycles. The second kappa shape index (κ2) is 9.14. The Kier molecular flexibility index (Phi) is 7.42. The minimum Gasteiger partial charge on any atom is -0.459 e. The summed E-state index contributed by atoms with van der Waals surface area (Å²) < 4.78 is 4.95. The minimum atomic E-state index is -0.330. The summed E-state index contributed by atoms with van der Waals surface area (Å²) in [5, 5.41) is 14.5. The molecule has 0 aliphatic rings. The molecule has 0 bridgehead atoms. The van der Waals surface area contributed by atoms with Crippen LogP contribution in [0.3, 0.4) is 0 Å². The summed E-state index contributed by atoms with van der Waals surface area (Å²) in [5.74, 6) is -0.0391. The van der Waals surface area contributed by atoms with Gasteiger partial charge in [-0.1, -0.05) is 0 Å². The first-order valence-electron chi connectivity index (χ1n) is 6.86. The Bertz CT molecular complexity index is 401. The van der Waals surface area contributed by atoms with Crippen molar-refractivity contribution in [2.75, 3.05) is 13.1 Å². The number of hydrogen-bond acceptors (Lipinski definition) is 4. The zero-order valence-corrected chi connectivity index (χ0v) is 11.7. The van der Waals surface area contributed by atoms with Gasteiger partial charge in [0.15, 0.2) is 5.76 Å². The molecule has 0 spiro atoms. The van der Waals surface area contributed by atoms with Crippen LogP contribution in [-0.2, 0) is 4.79 Å². The molecule has 20 heavy (non-hydrogen) atoms. The molecule has 1 aromatic rings. The fourth-order valence-electron chi connectivity index (χ4n) is 1.66. The van der Waals surface area contributed by atoms with Gasteiger partial charge >= 0.3 is 0 Å². The molecule has 0 saturated heterocycles. The fraction of sp³-hybridized carbons (Fsp3) is 0.571. The van der Waals surface area contributed by atoms with Gasteiger partial charge in [0.1, 0.15) is 0 Å². The molecule has 0 radical (unpaired) electrons. The third-order valence-corrected chi connectivity index (χ3v) is 2.73. The first-order valence-corrected chi connectivity index (χ1v) is 6.86. The predicted octanol–water partition coefficient (Wildman–Crippen LogP) is 1.07. The van der Waals surface area contributed by atoms with Crippen molar-refractivity contribution in [1.29, 1.82) is 0 Å². The number of nitrogens with one attached hydrogen (secondary N) is 2. The van der Waals surface area contributed by atoms with Crippen molar-refractivity contribution in [2.24, 2.45) is 0 Å². The second-order valence-electron chi connectivity index (χ2n) is 4.68. The summed E-state index contributed by atoms with van der Waals surface area (Å²) >= 11 is 0. The van der Waals surface area contributed by atoms with Crippen molar-refractivity contribution >= 4 is 11.8 Å². The lowest BCUT2D eigenvalue weighted by Crippen LogP contribution is -2.28. The molecular weight excluding hydrogens is 260 g/mol. The molecule has 0 aromatic carbocycles. The lowest BCUT2D eigenvalue weighted by atomic mass is 10.2. The Hall–Kier alpha value is -1.82. The van der Waals surface area contributed by atoms with E-state index in [1.54, 1.807) is 19.1 Å². The highest BCUT2D eigenvalue weighted by molar-refractivity contribution is 5.91. The molecule has 6 nitrogen and oxygen atoms in total. The molecule has 6 heteroatoms. The van der Waals surface area contributed by atoms with E-state index in [1.807, 2.05) is 0 Å². The summed E-state index contributed by atoms with van der Waals surface area (Å²) in [5.41, 5.74) is 0. The van der Waals surface area contributed by atoms with Crippen LogP contribution in [0.2, 0.25) is 0 Å². The van der Waals surface area contributed by atoms with Gasteiger partial charge in [-0.2, -0.15) is 0 Å². The van der Waals surface area contributed by atoms with E-state index in [2.05, 4.69) is 10.6 Å². The van der Waals surface area contributed by atoms with Crippen LogP contribution in [0.25, 0.3) is 0 Å². The van der Waals surface area contributed by atoms with E-state index in [9.17, 15) is 9.59 Å². The number of furan rings is 1. The van der Waals surface area contributed by atoms with Crippen LogP contribution in [0.5, 0.6) is 0 Å². The Balaban J connectivity index is 2.00. The molecule has 1 heterocycles. The summed E-state index contributed by atoms with van der Waals surface area (Å²) in [6.07, 6.45) is 3.50. The molecule has 3 N–H and O–H groups in total. The van der Waals surface area contributed by atoms with Gasteiger partial charge in [0.2, 0.25) is 5.91 Å². The van der Waals surface area contributed by atoms with Gasteiger partial charge in [-0.05, 0) is 38.3 Å².